The maximum Gasteiger partial charge on any atom is 1.00 e. The van der Waals surface area contributed by atoms with Crippen molar-refractivity contribution in [1.82, 2.24) is 9.88 Å². The standard InChI is InChI=1S/C32H43N3O6S2.K/c1-3-34(26-10-8-9-23(2)19-26)31(37)22-35-27-15-17-42-30(27)21-28(35)29(36)20-24-11-13-25(14-12-24)32(38)33-16-6-4-5-7-18-43(39,40)41;/h8-10,15,17,19,21,24-25H,3-7,11-14,16,18,20,22H2,1-2H3,(H,33,38)(H,39,40,41);/q;+1/p-1. The predicted octanol–water partition coefficient (Wildman–Crippen LogP) is 2.67. The van der Waals surface area contributed by atoms with Crippen molar-refractivity contribution in [3.63, 3.8) is 0 Å². The van der Waals surface area contributed by atoms with Crippen molar-refractivity contribution in [3.05, 3.63) is 53.0 Å². The average Bonchev–Trinajstić information content (AvgIpc) is 3.55. The fourth-order valence-corrected chi connectivity index (χ4v) is 7.39. The third kappa shape index (κ3) is 10.6. The molecule has 4 rings (SSSR count). The molecule has 1 aliphatic rings. The minimum atomic E-state index is -4.16. The third-order valence-corrected chi connectivity index (χ3v) is 9.99. The summed E-state index contributed by atoms with van der Waals surface area (Å²) in [7, 11) is -4.16. The summed E-state index contributed by atoms with van der Waals surface area (Å²) < 4.78 is 34.8. The van der Waals surface area contributed by atoms with Gasteiger partial charge < -0.3 is 19.3 Å². The Hall–Kier alpha value is -1.38. The number of rotatable bonds is 15. The van der Waals surface area contributed by atoms with E-state index in [-0.39, 0.29) is 93.1 Å². The molecule has 234 valence electrons. The number of aromatic nitrogens is 1. The number of carbonyl (C=O) groups is 3. The average molecular weight is 668 g/mol. The number of anilines is 1. The van der Waals surface area contributed by atoms with Crippen molar-refractivity contribution in [1.29, 1.82) is 0 Å². The zero-order chi connectivity index (χ0) is 31.0. The molecule has 12 heteroatoms. The minimum absolute atomic E-state index is 0. The molecule has 2 aromatic heterocycles. The number of likely N-dealkylation sites (N-methyl/N-ethyl adjacent to an activating group) is 1. The van der Waals surface area contributed by atoms with E-state index in [2.05, 4.69) is 5.32 Å². The summed E-state index contributed by atoms with van der Waals surface area (Å²) in [5.74, 6) is -0.191. The van der Waals surface area contributed by atoms with Gasteiger partial charge in [0.15, 0.2) is 5.78 Å². The van der Waals surface area contributed by atoms with Gasteiger partial charge in [0.2, 0.25) is 11.8 Å². The number of aryl methyl sites for hydroxylation is 1. The Morgan fingerprint density at radius 3 is 2.45 bits per heavy atom. The van der Waals surface area contributed by atoms with Gasteiger partial charge in [-0.3, -0.25) is 14.4 Å². The SMILES string of the molecule is CCN(C(=O)Cn1c(C(=O)CC2CCC(C(=O)NCCCCCCS(=O)(=O)[O-])CC2)cc2sccc21)c1cccc(C)c1.[K+]. The second-order valence-corrected chi connectivity index (χ2v) is 14.0. The van der Waals surface area contributed by atoms with Crippen LogP contribution in [0.5, 0.6) is 0 Å². The number of carbonyl (C=O) groups excluding carboxylic acids is 3. The summed E-state index contributed by atoms with van der Waals surface area (Å²) in [5.41, 5.74) is 3.40. The van der Waals surface area contributed by atoms with Gasteiger partial charge in [0, 0.05) is 36.9 Å². The summed E-state index contributed by atoms with van der Waals surface area (Å²) in [6, 6.07) is 11.8. The number of benzene rings is 1. The van der Waals surface area contributed by atoms with Gasteiger partial charge in [-0.05, 0) is 93.5 Å². The van der Waals surface area contributed by atoms with E-state index in [0.717, 1.165) is 60.0 Å². The summed E-state index contributed by atoms with van der Waals surface area (Å²) in [5, 5.41) is 4.96. The third-order valence-electron chi connectivity index (χ3n) is 8.34. The Bertz CT molecular complexity index is 1530. The summed E-state index contributed by atoms with van der Waals surface area (Å²) in [6.07, 6.45) is 5.99. The molecule has 0 saturated heterocycles. The number of thiophene rings is 1. The van der Waals surface area contributed by atoms with Crippen molar-refractivity contribution in [2.45, 2.75) is 78.2 Å². The molecule has 0 unspecified atom stereocenters. The number of fused-ring (bicyclic) bond motifs is 1. The van der Waals surface area contributed by atoms with Crippen LogP contribution in [0.15, 0.2) is 41.8 Å². The molecule has 0 bridgehead atoms. The van der Waals surface area contributed by atoms with E-state index < -0.39 is 10.1 Å². The second kappa shape index (κ2) is 17.5. The number of amides is 2. The van der Waals surface area contributed by atoms with Gasteiger partial charge in [-0.1, -0.05) is 25.0 Å². The van der Waals surface area contributed by atoms with Crippen molar-refractivity contribution in [2.24, 2.45) is 11.8 Å². The molecule has 1 fully saturated rings. The molecule has 0 spiro atoms. The Balaban J connectivity index is 0.00000529. The van der Waals surface area contributed by atoms with Crippen LogP contribution in [0, 0.1) is 18.8 Å². The number of hydrogen-bond donors (Lipinski definition) is 1. The first kappa shape index (κ1) is 37.1. The molecule has 9 nitrogen and oxygen atoms in total. The largest absolute Gasteiger partial charge is 1.00 e. The van der Waals surface area contributed by atoms with E-state index >= 15 is 0 Å². The van der Waals surface area contributed by atoms with Gasteiger partial charge in [0.1, 0.15) is 6.54 Å². The molecule has 3 aromatic rings. The zero-order valence-electron chi connectivity index (χ0n) is 26.0. The van der Waals surface area contributed by atoms with E-state index in [4.69, 9.17) is 0 Å². The smallest absolute Gasteiger partial charge is 0.748 e. The van der Waals surface area contributed by atoms with Crippen LogP contribution in [0.1, 0.15) is 80.8 Å². The van der Waals surface area contributed by atoms with Crippen molar-refractivity contribution in [3.8, 4) is 0 Å². The zero-order valence-corrected chi connectivity index (χ0v) is 30.8. The first-order valence-electron chi connectivity index (χ1n) is 15.2. The van der Waals surface area contributed by atoms with E-state index in [1.54, 1.807) is 16.2 Å². The monoisotopic (exact) mass is 667 g/mol. The molecular formula is C32H42KN3O6S2. The molecule has 0 aliphatic heterocycles. The van der Waals surface area contributed by atoms with Gasteiger partial charge in [0.05, 0.1) is 26.0 Å². The first-order valence-corrected chi connectivity index (χ1v) is 17.7. The predicted molar refractivity (Wildman–Crippen MR) is 169 cm³/mol. The number of unbranched alkanes of at least 4 members (excludes halogenated alkanes) is 3. The van der Waals surface area contributed by atoms with E-state index in [1.807, 2.05) is 60.2 Å². The Morgan fingerprint density at radius 2 is 1.77 bits per heavy atom. The van der Waals surface area contributed by atoms with Crippen LogP contribution in [0.4, 0.5) is 5.69 Å². The van der Waals surface area contributed by atoms with E-state index in [0.29, 0.717) is 38.0 Å². The number of ketones is 1. The van der Waals surface area contributed by atoms with Crippen molar-refractivity contribution >= 4 is 55.0 Å². The number of nitrogens with zero attached hydrogens (tertiary/aromatic N) is 2. The molecule has 2 amide bonds. The van der Waals surface area contributed by atoms with Crippen molar-refractivity contribution in [2.75, 3.05) is 23.7 Å². The quantitative estimate of drug-likeness (QED) is 0.115. The van der Waals surface area contributed by atoms with Crippen LogP contribution in [0.2, 0.25) is 0 Å². The molecule has 0 atom stereocenters. The summed E-state index contributed by atoms with van der Waals surface area (Å²) in [4.78, 5) is 41.5. The van der Waals surface area contributed by atoms with Crippen LogP contribution < -0.4 is 61.6 Å². The molecule has 1 aromatic carbocycles. The van der Waals surface area contributed by atoms with Gasteiger partial charge in [-0.2, -0.15) is 0 Å². The molecule has 0 radical (unpaired) electrons. The summed E-state index contributed by atoms with van der Waals surface area (Å²) in [6.45, 7) is 5.11. The maximum atomic E-state index is 13.6. The first-order chi connectivity index (χ1) is 20.6. The summed E-state index contributed by atoms with van der Waals surface area (Å²) >= 11 is 1.56. The van der Waals surface area contributed by atoms with Gasteiger partial charge >= 0.3 is 51.4 Å². The molecular weight excluding hydrogens is 626 g/mol. The fraction of sp³-hybridized carbons (Fsp3) is 0.531. The normalized spacial score (nSPS) is 16.8. The van der Waals surface area contributed by atoms with Gasteiger partial charge in [-0.25, -0.2) is 8.42 Å². The van der Waals surface area contributed by atoms with E-state index in [9.17, 15) is 27.4 Å². The molecule has 1 aliphatic carbocycles. The molecule has 2 heterocycles. The van der Waals surface area contributed by atoms with Crippen LogP contribution in [0.3, 0.4) is 0 Å². The van der Waals surface area contributed by atoms with Crippen LogP contribution in [0.25, 0.3) is 10.2 Å². The van der Waals surface area contributed by atoms with Gasteiger partial charge in [0.25, 0.3) is 0 Å². The minimum Gasteiger partial charge on any atom is -0.748 e. The molecule has 1 saturated carbocycles. The fourth-order valence-electron chi connectivity index (χ4n) is 6.01. The number of nitrogens with one attached hydrogen (secondary N) is 1. The Kier molecular flexibility index (Phi) is 14.8. The number of hydrogen-bond acceptors (Lipinski definition) is 7. The second-order valence-electron chi connectivity index (χ2n) is 11.6. The van der Waals surface area contributed by atoms with Crippen LogP contribution in [-0.2, 0) is 26.3 Å². The van der Waals surface area contributed by atoms with Gasteiger partial charge in [-0.15, -0.1) is 11.3 Å². The van der Waals surface area contributed by atoms with Crippen LogP contribution in [-0.4, -0.2) is 54.0 Å². The molecule has 44 heavy (non-hydrogen) atoms. The maximum absolute atomic E-state index is 13.6. The number of Topliss-reactive ketones (excluding diaryl/α,β-unsaturated/α-hetero) is 1. The van der Waals surface area contributed by atoms with Crippen molar-refractivity contribution < 1.29 is 78.7 Å². The van der Waals surface area contributed by atoms with Crippen LogP contribution >= 0.6 is 11.3 Å². The Labute approximate surface area is 307 Å². The molecule has 1 N–H and O–H groups in total. The van der Waals surface area contributed by atoms with E-state index in [1.165, 1.54) is 0 Å². The Morgan fingerprint density at radius 1 is 1.05 bits per heavy atom. The topological polar surface area (TPSA) is 129 Å².